The van der Waals surface area contributed by atoms with Gasteiger partial charge < -0.3 is 4.52 Å². The van der Waals surface area contributed by atoms with Crippen LogP contribution in [0.2, 0.25) is 5.02 Å². The summed E-state index contributed by atoms with van der Waals surface area (Å²) < 4.78 is 5.19. The number of nitrogens with zero attached hydrogens (tertiary/aromatic N) is 1. The highest BCUT2D eigenvalue weighted by molar-refractivity contribution is 6.30. The van der Waals surface area contributed by atoms with E-state index in [-0.39, 0.29) is 11.2 Å². The van der Waals surface area contributed by atoms with Gasteiger partial charge in [-0.3, -0.25) is 4.79 Å². The number of Topliss-reactive ketones (excluding diaryl/α,β-unsaturated/α-hetero) is 1. The number of carbonyl (C=O) groups excluding carboxylic acids is 1. The molecule has 0 unspecified atom stereocenters. The number of carbonyl (C=O) groups is 1. The number of aromatic nitrogens is 1. The fourth-order valence-corrected chi connectivity index (χ4v) is 2.76. The van der Waals surface area contributed by atoms with Gasteiger partial charge in [0.05, 0.1) is 5.69 Å². The van der Waals surface area contributed by atoms with Crippen molar-refractivity contribution >= 4 is 17.4 Å². The van der Waals surface area contributed by atoms with Gasteiger partial charge in [0.2, 0.25) is 0 Å². The Morgan fingerprint density at radius 1 is 1.30 bits per heavy atom. The fraction of sp³-hybridized carbons (Fsp3) is 0.375. The van der Waals surface area contributed by atoms with Crippen LogP contribution in [0.15, 0.2) is 28.8 Å². The second kappa shape index (κ2) is 4.74. The number of ketones is 1. The molecule has 1 aromatic carbocycles. The van der Waals surface area contributed by atoms with Crippen LogP contribution in [0.5, 0.6) is 0 Å². The number of hydrogen-bond acceptors (Lipinski definition) is 3. The molecule has 1 fully saturated rings. The molecule has 4 heteroatoms. The molecular weight excluding hydrogens is 274 g/mol. The minimum atomic E-state index is -0.269. The van der Waals surface area contributed by atoms with E-state index in [9.17, 15) is 4.79 Å². The molecule has 1 aliphatic carbocycles. The third-order valence-electron chi connectivity index (χ3n) is 4.14. The monoisotopic (exact) mass is 289 g/mol. The van der Waals surface area contributed by atoms with Crippen molar-refractivity contribution in [3.05, 3.63) is 51.9 Å². The lowest BCUT2D eigenvalue weighted by Crippen LogP contribution is -2.19. The van der Waals surface area contributed by atoms with Crippen LogP contribution in [0.25, 0.3) is 0 Å². The standard InChI is InChI=1S/C16H16ClNO2/c1-10-14(11(2)20-18-10)9-16(7-8-16)15(19)12-3-5-13(17)6-4-12/h3-6H,7-9H2,1-2H3. The Morgan fingerprint density at radius 2 is 1.95 bits per heavy atom. The zero-order valence-electron chi connectivity index (χ0n) is 11.6. The molecule has 0 aliphatic heterocycles. The summed E-state index contributed by atoms with van der Waals surface area (Å²) in [5, 5.41) is 4.62. The topological polar surface area (TPSA) is 43.1 Å². The second-order valence-electron chi connectivity index (χ2n) is 5.60. The van der Waals surface area contributed by atoms with Crippen molar-refractivity contribution in [1.82, 2.24) is 5.16 Å². The van der Waals surface area contributed by atoms with Crippen molar-refractivity contribution in [3.63, 3.8) is 0 Å². The lowest BCUT2D eigenvalue weighted by molar-refractivity contribution is 0.0899. The summed E-state index contributed by atoms with van der Waals surface area (Å²) in [5.41, 5.74) is 2.43. The SMILES string of the molecule is Cc1noc(C)c1CC1(C(=O)c2ccc(Cl)cc2)CC1. The molecule has 3 nitrogen and oxygen atoms in total. The highest BCUT2D eigenvalue weighted by atomic mass is 35.5. The third kappa shape index (κ3) is 2.27. The highest BCUT2D eigenvalue weighted by Crippen LogP contribution is 2.51. The Labute approximate surface area is 122 Å². The molecule has 0 radical (unpaired) electrons. The van der Waals surface area contributed by atoms with Crippen LogP contribution in [0.3, 0.4) is 0 Å². The summed E-state index contributed by atoms with van der Waals surface area (Å²) >= 11 is 5.87. The van der Waals surface area contributed by atoms with Crippen molar-refractivity contribution in [3.8, 4) is 0 Å². The maximum atomic E-state index is 12.7. The lowest BCUT2D eigenvalue weighted by Gasteiger charge is -2.14. The number of halogens is 1. The first-order chi connectivity index (χ1) is 9.52. The molecule has 2 aromatic rings. The van der Waals surface area contributed by atoms with Gasteiger partial charge in [-0.2, -0.15) is 0 Å². The van der Waals surface area contributed by atoms with E-state index in [0.717, 1.165) is 41.8 Å². The normalized spacial score (nSPS) is 16.1. The first-order valence-corrected chi connectivity index (χ1v) is 7.12. The van der Waals surface area contributed by atoms with Gasteiger partial charge in [-0.05, 0) is 57.4 Å². The van der Waals surface area contributed by atoms with E-state index in [2.05, 4.69) is 5.16 Å². The Balaban J connectivity index is 1.86. The van der Waals surface area contributed by atoms with Gasteiger partial charge in [0.25, 0.3) is 0 Å². The van der Waals surface area contributed by atoms with Crippen LogP contribution in [-0.2, 0) is 6.42 Å². The van der Waals surface area contributed by atoms with E-state index in [1.165, 1.54) is 0 Å². The molecule has 0 atom stereocenters. The first kappa shape index (κ1) is 13.4. The smallest absolute Gasteiger partial charge is 0.169 e. The van der Waals surface area contributed by atoms with Gasteiger partial charge in [0, 0.05) is 21.6 Å². The minimum Gasteiger partial charge on any atom is -0.361 e. The van der Waals surface area contributed by atoms with Crippen molar-refractivity contribution in [2.75, 3.05) is 0 Å². The van der Waals surface area contributed by atoms with Crippen molar-refractivity contribution in [2.24, 2.45) is 5.41 Å². The van der Waals surface area contributed by atoms with E-state index in [0.29, 0.717) is 5.02 Å². The molecule has 0 N–H and O–H groups in total. The van der Waals surface area contributed by atoms with Gasteiger partial charge in [-0.15, -0.1) is 0 Å². The lowest BCUT2D eigenvalue weighted by atomic mass is 9.88. The second-order valence-corrected chi connectivity index (χ2v) is 6.03. The number of benzene rings is 1. The fourth-order valence-electron chi connectivity index (χ4n) is 2.64. The average molecular weight is 290 g/mol. The Bertz CT molecular complexity index is 634. The summed E-state index contributed by atoms with van der Waals surface area (Å²) in [5.74, 6) is 1.02. The molecule has 104 valence electrons. The van der Waals surface area contributed by atoms with E-state index < -0.39 is 0 Å². The maximum Gasteiger partial charge on any atom is 0.169 e. The highest BCUT2D eigenvalue weighted by Gasteiger charge is 2.50. The van der Waals surface area contributed by atoms with Crippen LogP contribution < -0.4 is 0 Å². The number of aryl methyl sites for hydroxylation is 2. The van der Waals surface area contributed by atoms with E-state index in [4.69, 9.17) is 16.1 Å². The van der Waals surface area contributed by atoms with Gasteiger partial charge >= 0.3 is 0 Å². The molecule has 0 bridgehead atoms. The summed E-state index contributed by atoms with van der Waals surface area (Å²) in [4.78, 5) is 12.7. The molecular formula is C16H16ClNO2. The predicted octanol–water partition coefficient (Wildman–Crippen LogP) is 4.15. The Hall–Kier alpha value is -1.61. The predicted molar refractivity (Wildman–Crippen MR) is 77.1 cm³/mol. The van der Waals surface area contributed by atoms with Crippen LogP contribution >= 0.6 is 11.6 Å². The molecule has 0 spiro atoms. The average Bonchev–Trinajstić information content (AvgIpc) is 3.16. The van der Waals surface area contributed by atoms with Crippen molar-refractivity contribution < 1.29 is 9.32 Å². The van der Waals surface area contributed by atoms with Gasteiger partial charge in [-0.25, -0.2) is 0 Å². The van der Waals surface area contributed by atoms with E-state index in [1.54, 1.807) is 24.3 Å². The van der Waals surface area contributed by atoms with Gasteiger partial charge in [0.1, 0.15) is 5.76 Å². The molecule has 0 amide bonds. The summed E-state index contributed by atoms with van der Waals surface area (Å²) in [6.07, 6.45) is 2.58. The molecule has 1 saturated carbocycles. The molecule has 1 heterocycles. The first-order valence-electron chi connectivity index (χ1n) is 6.74. The Morgan fingerprint density at radius 3 is 2.45 bits per heavy atom. The molecule has 3 rings (SSSR count). The zero-order valence-corrected chi connectivity index (χ0v) is 12.3. The third-order valence-corrected chi connectivity index (χ3v) is 4.39. The van der Waals surface area contributed by atoms with Crippen LogP contribution in [-0.4, -0.2) is 10.9 Å². The Kier molecular flexibility index (Phi) is 3.17. The van der Waals surface area contributed by atoms with Gasteiger partial charge in [0.15, 0.2) is 5.78 Å². The van der Waals surface area contributed by atoms with Crippen LogP contribution in [0, 0.1) is 19.3 Å². The van der Waals surface area contributed by atoms with E-state index in [1.807, 2.05) is 13.8 Å². The summed E-state index contributed by atoms with van der Waals surface area (Å²) in [6, 6.07) is 7.14. The van der Waals surface area contributed by atoms with Crippen LogP contribution in [0.1, 0.15) is 40.2 Å². The molecule has 1 aromatic heterocycles. The van der Waals surface area contributed by atoms with Crippen molar-refractivity contribution in [2.45, 2.75) is 33.1 Å². The largest absolute Gasteiger partial charge is 0.361 e. The summed E-state index contributed by atoms with van der Waals surface area (Å²) in [6.45, 7) is 3.83. The van der Waals surface area contributed by atoms with E-state index >= 15 is 0 Å². The quantitative estimate of drug-likeness (QED) is 0.794. The molecule has 20 heavy (non-hydrogen) atoms. The van der Waals surface area contributed by atoms with Gasteiger partial charge in [-0.1, -0.05) is 16.8 Å². The number of rotatable bonds is 4. The van der Waals surface area contributed by atoms with Crippen molar-refractivity contribution in [1.29, 1.82) is 0 Å². The number of hydrogen-bond donors (Lipinski definition) is 0. The minimum absolute atomic E-state index is 0.203. The summed E-state index contributed by atoms with van der Waals surface area (Å²) in [7, 11) is 0. The molecule has 0 saturated heterocycles. The molecule has 1 aliphatic rings. The maximum absolute atomic E-state index is 12.7. The zero-order chi connectivity index (χ0) is 14.3. The van der Waals surface area contributed by atoms with Crippen LogP contribution in [0.4, 0.5) is 0 Å².